The lowest BCUT2D eigenvalue weighted by atomic mass is 9.95. The number of halogens is 1. The van der Waals surface area contributed by atoms with Crippen LogP contribution in [0.15, 0.2) is 35.4 Å². The van der Waals surface area contributed by atoms with E-state index in [1.54, 1.807) is 18.2 Å². The van der Waals surface area contributed by atoms with Crippen LogP contribution < -0.4 is 20.6 Å². The number of hydrogen-bond donors (Lipinski definition) is 2. The lowest BCUT2D eigenvalue weighted by molar-refractivity contribution is -0.120. The van der Waals surface area contributed by atoms with Crippen LogP contribution in [-0.4, -0.2) is 18.4 Å². The molecular formula is C16H12ClN3O3. The number of rotatable bonds is 1. The van der Waals surface area contributed by atoms with Crippen LogP contribution in [0.2, 0.25) is 5.02 Å². The van der Waals surface area contributed by atoms with E-state index in [0.29, 0.717) is 33.5 Å². The standard InChI is InChI=1S/C16H12ClN3O3/c17-12-5-9(18)1-2-10(12)16-11-6-14-13(22-7-23-14)3-8(11)4-15(21)19-20-16/h1-3,5-6H,4,7,18H2,(H,19,21). The maximum atomic E-state index is 11.9. The molecule has 2 heterocycles. The number of amides is 1. The number of carbonyl (C=O) groups is 1. The van der Waals surface area contributed by atoms with Gasteiger partial charge in [-0.25, -0.2) is 5.43 Å². The second kappa shape index (κ2) is 5.17. The van der Waals surface area contributed by atoms with Gasteiger partial charge >= 0.3 is 0 Å². The number of nitrogens with zero attached hydrogens (tertiary/aromatic N) is 1. The molecule has 23 heavy (non-hydrogen) atoms. The SMILES string of the molecule is Nc1ccc(C2=NNC(=O)Cc3cc4c(cc32)OCO4)c(Cl)c1. The van der Waals surface area contributed by atoms with Gasteiger partial charge in [-0.3, -0.25) is 4.79 Å². The summed E-state index contributed by atoms with van der Waals surface area (Å²) in [6, 6.07) is 8.80. The number of ether oxygens (including phenoxy) is 2. The van der Waals surface area contributed by atoms with E-state index in [-0.39, 0.29) is 19.1 Å². The van der Waals surface area contributed by atoms with Gasteiger partial charge in [0.05, 0.1) is 17.2 Å². The van der Waals surface area contributed by atoms with Crippen LogP contribution in [0.1, 0.15) is 16.7 Å². The smallest absolute Gasteiger partial charge is 0.244 e. The third-order valence-corrected chi connectivity index (χ3v) is 4.06. The molecule has 4 rings (SSSR count). The fraction of sp³-hybridized carbons (Fsp3) is 0.125. The van der Waals surface area contributed by atoms with Crippen molar-refractivity contribution < 1.29 is 14.3 Å². The van der Waals surface area contributed by atoms with Crippen LogP contribution >= 0.6 is 11.6 Å². The van der Waals surface area contributed by atoms with Crippen molar-refractivity contribution in [3.8, 4) is 11.5 Å². The van der Waals surface area contributed by atoms with E-state index in [9.17, 15) is 4.79 Å². The van der Waals surface area contributed by atoms with Crippen LogP contribution in [0.4, 0.5) is 5.69 Å². The molecule has 2 aliphatic heterocycles. The fourth-order valence-corrected chi connectivity index (χ4v) is 2.95. The quantitative estimate of drug-likeness (QED) is 0.784. The first kappa shape index (κ1) is 13.9. The summed E-state index contributed by atoms with van der Waals surface area (Å²) in [6.07, 6.45) is 0.200. The summed E-state index contributed by atoms with van der Waals surface area (Å²) < 4.78 is 10.8. The third kappa shape index (κ3) is 2.37. The topological polar surface area (TPSA) is 85.9 Å². The molecule has 0 spiro atoms. The highest BCUT2D eigenvalue weighted by Gasteiger charge is 2.25. The zero-order valence-corrected chi connectivity index (χ0v) is 12.7. The minimum Gasteiger partial charge on any atom is -0.454 e. The lowest BCUT2D eigenvalue weighted by Crippen LogP contribution is -2.18. The molecule has 0 saturated heterocycles. The average molecular weight is 330 g/mol. The molecule has 2 aliphatic rings. The Labute approximate surface area is 136 Å². The average Bonchev–Trinajstić information content (AvgIpc) is 2.89. The molecule has 7 heteroatoms. The predicted molar refractivity (Wildman–Crippen MR) is 85.9 cm³/mol. The molecule has 2 aromatic rings. The Hall–Kier alpha value is -2.73. The van der Waals surface area contributed by atoms with E-state index in [1.165, 1.54) is 0 Å². The van der Waals surface area contributed by atoms with Crippen LogP contribution in [0.25, 0.3) is 0 Å². The first-order valence-electron chi connectivity index (χ1n) is 6.96. The van der Waals surface area contributed by atoms with Crippen molar-refractivity contribution in [2.24, 2.45) is 5.10 Å². The highest BCUT2D eigenvalue weighted by Crippen LogP contribution is 2.37. The molecule has 0 fully saturated rings. The molecule has 0 radical (unpaired) electrons. The van der Waals surface area contributed by atoms with Crippen molar-refractivity contribution in [3.63, 3.8) is 0 Å². The van der Waals surface area contributed by atoms with Crippen molar-refractivity contribution >= 4 is 28.9 Å². The first-order valence-corrected chi connectivity index (χ1v) is 7.34. The van der Waals surface area contributed by atoms with Crippen LogP contribution in [-0.2, 0) is 11.2 Å². The van der Waals surface area contributed by atoms with Gasteiger partial charge in [-0.05, 0) is 35.9 Å². The number of benzene rings is 2. The van der Waals surface area contributed by atoms with Crippen LogP contribution in [0, 0.1) is 0 Å². The Bertz CT molecular complexity index is 864. The van der Waals surface area contributed by atoms with Gasteiger partial charge in [-0.15, -0.1) is 0 Å². The minimum absolute atomic E-state index is 0.166. The largest absolute Gasteiger partial charge is 0.454 e. The summed E-state index contributed by atoms with van der Waals surface area (Å²) >= 11 is 6.31. The Morgan fingerprint density at radius 3 is 2.70 bits per heavy atom. The van der Waals surface area contributed by atoms with E-state index in [1.807, 2.05) is 12.1 Å². The van der Waals surface area contributed by atoms with Crippen molar-refractivity contribution in [2.75, 3.05) is 12.5 Å². The molecule has 6 nitrogen and oxygen atoms in total. The van der Waals surface area contributed by atoms with E-state index in [0.717, 1.165) is 11.1 Å². The number of hydrazone groups is 1. The number of nitrogen functional groups attached to an aromatic ring is 1. The van der Waals surface area contributed by atoms with E-state index in [2.05, 4.69) is 10.5 Å². The zero-order valence-electron chi connectivity index (χ0n) is 11.9. The number of anilines is 1. The summed E-state index contributed by atoms with van der Waals surface area (Å²) in [5.41, 5.74) is 11.7. The summed E-state index contributed by atoms with van der Waals surface area (Å²) in [6.45, 7) is 0.166. The van der Waals surface area contributed by atoms with Gasteiger partial charge in [-0.2, -0.15) is 5.10 Å². The van der Waals surface area contributed by atoms with Crippen LogP contribution in [0.3, 0.4) is 0 Å². The van der Waals surface area contributed by atoms with Crippen molar-refractivity contribution in [3.05, 3.63) is 52.0 Å². The molecule has 0 aliphatic carbocycles. The number of fused-ring (bicyclic) bond motifs is 2. The Morgan fingerprint density at radius 1 is 1.13 bits per heavy atom. The van der Waals surface area contributed by atoms with Gasteiger partial charge in [0.2, 0.25) is 12.7 Å². The summed E-state index contributed by atoms with van der Waals surface area (Å²) in [4.78, 5) is 11.9. The van der Waals surface area contributed by atoms with Crippen molar-refractivity contribution in [1.82, 2.24) is 5.43 Å². The maximum Gasteiger partial charge on any atom is 0.244 e. The maximum absolute atomic E-state index is 11.9. The normalized spacial score (nSPS) is 15.5. The highest BCUT2D eigenvalue weighted by molar-refractivity contribution is 6.36. The van der Waals surface area contributed by atoms with Gasteiger partial charge in [0, 0.05) is 16.8 Å². The molecule has 0 saturated carbocycles. The van der Waals surface area contributed by atoms with E-state index in [4.69, 9.17) is 26.8 Å². The number of nitrogens with one attached hydrogen (secondary N) is 1. The van der Waals surface area contributed by atoms with E-state index >= 15 is 0 Å². The van der Waals surface area contributed by atoms with Gasteiger partial charge in [0.15, 0.2) is 11.5 Å². The zero-order chi connectivity index (χ0) is 16.0. The number of nitrogens with two attached hydrogens (primary N) is 1. The monoisotopic (exact) mass is 329 g/mol. The summed E-state index contributed by atoms with van der Waals surface area (Å²) in [7, 11) is 0. The molecule has 0 bridgehead atoms. The molecule has 1 amide bonds. The molecule has 0 atom stereocenters. The molecule has 116 valence electrons. The second-order valence-corrected chi connectivity index (χ2v) is 5.68. The Balaban J connectivity index is 1.92. The second-order valence-electron chi connectivity index (χ2n) is 5.27. The van der Waals surface area contributed by atoms with Crippen LogP contribution in [0.5, 0.6) is 11.5 Å². The minimum atomic E-state index is -0.202. The lowest BCUT2D eigenvalue weighted by Gasteiger charge is -2.11. The molecule has 0 unspecified atom stereocenters. The van der Waals surface area contributed by atoms with Gasteiger partial charge in [0.25, 0.3) is 0 Å². The van der Waals surface area contributed by atoms with E-state index < -0.39 is 0 Å². The van der Waals surface area contributed by atoms with Gasteiger partial charge < -0.3 is 15.2 Å². The number of carbonyl (C=O) groups excluding carboxylic acids is 1. The summed E-state index contributed by atoms with van der Waals surface area (Å²) in [5.74, 6) is 1.05. The van der Waals surface area contributed by atoms with Gasteiger partial charge in [0.1, 0.15) is 0 Å². The molecule has 2 aromatic carbocycles. The molecule has 3 N–H and O–H groups in total. The van der Waals surface area contributed by atoms with Gasteiger partial charge in [-0.1, -0.05) is 11.6 Å². The molecular weight excluding hydrogens is 318 g/mol. The highest BCUT2D eigenvalue weighted by atomic mass is 35.5. The predicted octanol–water partition coefficient (Wildman–Crippen LogP) is 2.08. The van der Waals surface area contributed by atoms with Crippen molar-refractivity contribution in [2.45, 2.75) is 6.42 Å². The summed E-state index contributed by atoms with van der Waals surface area (Å²) in [5, 5.41) is 4.69. The van der Waals surface area contributed by atoms with Crippen molar-refractivity contribution in [1.29, 1.82) is 0 Å². The Kier molecular flexibility index (Phi) is 3.12. The first-order chi connectivity index (χ1) is 11.1. The molecule has 0 aromatic heterocycles. The third-order valence-electron chi connectivity index (χ3n) is 3.75. The number of hydrogen-bond acceptors (Lipinski definition) is 5. The fourth-order valence-electron chi connectivity index (χ4n) is 2.67. The Morgan fingerprint density at radius 2 is 1.91 bits per heavy atom.